The Hall–Kier alpha value is -2.67. The summed E-state index contributed by atoms with van der Waals surface area (Å²) in [4.78, 5) is 39.1. The first-order valence-electron chi connectivity index (χ1n) is 9.38. The van der Waals surface area contributed by atoms with Crippen molar-refractivity contribution in [1.82, 2.24) is 10.2 Å². The van der Waals surface area contributed by atoms with Crippen LogP contribution in [0, 0.1) is 5.92 Å². The van der Waals surface area contributed by atoms with E-state index in [0.717, 1.165) is 5.56 Å². The van der Waals surface area contributed by atoms with E-state index in [4.69, 9.17) is 4.74 Å². The third-order valence-corrected chi connectivity index (χ3v) is 5.73. The minimum Gasteiger partial charge on any atom is -0.455 e. The lowest BCUT2D eigenvalue weighted by atomic mass is 9.97. The van der Waals surface area contributed by atoms with Crippen LogP contribution >= 0.6 is 11.3 Å². The van der Waals surface area contributed by atoms with Crippen molar-refractivity contribution in [2.24, 2.45) is 5.92 Å². The lowest BCUT2D eigenvalue weighted by molar-refractivity contribution is -0.154. The zero-order valence-electron chi connectivity index (χ0n) is 15.8. The zero-order chi connectivity index (χ0) is 19.9. The van der Waals surface area contributed by atoms with Gasteiger partial charge >= 0.3 is 5.97 Å². The SMILES string of the molecule is C[C@@H](NC(=O)COC(=O)C1CCN(C(=O)c2cccs2)CC1)c1ccccc1. The average molecular weight is 401 g/mol. The molecule has 1 aromatic carbocycles. The Kier molecular flexibility index (Phi) is 6.81. The van der Waals surface area contributed by atoms with E-state index < -0.39 is 0 Å². The second-order valence-electron chi connectivity index (χ2n) is 6.85. The summed E-state index contributed by atoms with van der Waals surface area (Å²) in [5.41, 5.74) is 0.991. The van der Waals surface area contributed by atoms with Crippen molar-refractivity contribution in [2.45, 2.75) is 25.8 Å². The van der Waals surface area contributed by atoms with E-state index in [9.17, 15) is 14.4 Å². The number of carbonyl (C=O) groups is 3. The fourth-order valence-corrected chi connectivity index (χ4v) is 3.93. The molecule has 1 saturated heterocycles. The van der Waals surface area contributed by atoms with Gasteiger partial charge in [0.05, 0.1) is 16.8 Å². The standard InChI is InChI=1S/C21H24N2O4S/c1-15(16-6-3-2-4-7-16)22-19(24)14-27-21(26)17-9-11-23(12-10-17)20(25)18-8-5-13-28-18/h2-8,13,15,17H,9-12,14H2,1H3,(H,22,24)/t15-/m1/s1. The molecule has 2 amide bonds. The molecule has 0 spiro atoms. The van der Waals surface area contributed by atoms with Crippen molar-refractivity contribution in [3.63, 3.8) is 0 Å². The smallest absolute Gasteiger partial charge is 0.309 e. The van der Waals surface area contributed by atoms with Crippen LogP contribution in [0.5, 0.6) is 0 Å². The van der Waals surface area contributed by atoms with Crippen molar-refractivity contribution in [3.05, 3.63) is 58.3 Å². The quantitative estimate of drug-likeness (QED) is 0.757. The van der Waals surface area contributed by atoms with E-state index in [1.807, 2.05) is 54.8 Å². The molecular formula is C21H24N2O4S. The normalized spacial score (nSPS) is 15.7. The minimum absolute atomic E-state index is 0.0103. The molecule has 1 aromatic heterocycles. The molecule has 148 valence electrons. The molecule has 0 bridgehead atoms. The van der Waals surface area contributed by atoms with Gasteiger partial charge in [-0.2, -0.15) is 0 Å². The Morgan fingerprint density at radius 1 is 1.14 bits per heavy atom. The third kappa shape index (κ3) is 5.19. The molecule has 1 N–H and O–H groups in total. The van der Waals surface area contributed by atoms with Crippen LogP contribution in [-0.4, -0.2) is 42.4 Å². The van der Waals surface area contributed by atoms with Gasteiger partial charge in [-0.3, -0.25) is 14.4 Å². The Bertz CT molecular complexity index is 799. The summed E-state index contributed by atoms with van der Waals surface area (Å²) in [5.74, 6) is -0.955. The monoisotopic (exact) mass is 400 g/mol. The number of amides is 2. The van der Waals surface area contributed by atoms with Crippen molar-refractivity contribution in [2.75, 3.05) is 19.7 Å². The van der Waals surface area contributed by atoms with Crippen LogP contribution in [0.25, 0.3) is 0 Å². The molecule has 1 aliphatic rings. The summed E-state index contributed by atoms with van der Waals surface area (Å²) in [6, 6.07) is 13.1. The van der Waals surface area contributed by atoms with Gasteiger partial charge in [-0.05, 0) is 36.8 Å². The predicted molar refractivity (Wildman–Crippen MR) is 107 cm³/mol. The van der Waals surface area contributed by atoms with Crippen molar-refractivity contribution >= 4 is 29.1 Å². The molecule has 28 heavy (non-hydrogen) atoms. The number of benzene rings is 1. The molecule has 2 heterocycles. The molecule has 7 heteroatoms. The molecule has 6 nitrogen and oxygen atoms in total. The number of hydrogen-bond acceptors (Lipinski definition) is 5. The molecule has 0 aliphatic carbocycles. The minimum atomic E-state index is -0.370. The van der Waals surface area contributed by atoms with Gasteiger partial charge in [0.25, 0.3) is 11.8 Å². The van der Waals surface area contributed by atoms with Crippen LogP contribution < -0.4 is 5.32 Å². The molecule has 0 unspecified atom stereocenters. The molecular weight excluding hydrogens is 376 g/mol. The van der Waals surface area contributed by atoms with Gasteiger partial charge in [-0.1, -0.05) is 36.4 Å². The van der Waals surface area contributed by atoms with Gasteiger partial charge in [-0.15, -0.1) is 11.3 Å². The number of carbonyl (C=O) groups excluding carboxylic acids is 3. The third-order valence-electron chi connectivity index (χ3n) is 4.87. The van der Waals surface area contributed by atoms with E-state index in [1.165, 1.54) is 11.3 Å². The van der Waals surface area contributed by atoms with Crippen LogP contribution in [-0.2, 0) is 14.3 Å². The van der Waals surface area contributed by atoms with Crippen LogP contribution in [0.4, 0.5) is 0 Å². The van der Waals surface area contributed by atoms with Gasteiger partial charge in [-0.25, -0.2) is 0 Å². The number of esters is 1. The van der Waals surface area contributed by atoms with Gasteiger partial charge < -0.3 is 15.0 Å². The summed E-state index contributed by atoms with van der Waals surface area (Å²) in [7, 11) is 0. The number of likely N-dealkylation sites (tertiary alicyclic amines) is 1. The summed E-state index contributed by atoms with van der Waals surface area (Å²) < 4.78 is 5.20. The van der Waals surface area contributed by atoms with Crippen molar-refractivity contribution < 1.29 is 19.1 Å². The van der Waals surface area contributed by atoms with Gasteiger partial charge in [0, 0.05) is 13.1 Å². The molecule has 1 atom stereocenters. The summed E-state index contributed by atoms with van der Waals surface area (Å²) in [5, 5.41) is 4.70. The number of rotatable bonds is 6. The van der Waals surface area contributed by atoms with Gasteiger partial charge in [0.2, 0.25) is 0 Å². The molecule has 0 saturated carbocycles. The van der Waals surface area contributed by atoms with Crippen LogP contribution in [0.2, 0.25) is 0 Å². The highest BCUT2D eigenvalue weighted by atomic mass is 32.1. The van der Waals surface area contributed by atoms with E-state index >= 15 is 0 Å². The zero-order valence-corrected chi connectivity index (χ0v) is 16.6. The number of nitrogens with one attached hydrogen (secondary N) is 1. The highest BCUT2D eigenvalue weighted by Gasteiger charge is 2.29. The largest absolute Gasteiger partial charge is 0.455 e. The van der Waals surface area contributed by atoms with E-state index in [1.54, 1.807) is 4.90 Å². The number of ether oxygens (including phenoxy) is 1. The van der Waals surface area contributed by atoms with E-state index in [0.29, 0.717) is 30.8 Å². The average Bonchev–Trinajstić information content (AvgIpc) is 3.27. The Morgan fingerprint density at radius 2 is 1.86 bits per heavy atom. The highest BCUT2D eigenvalue weighted by Crippen LogP contribution is 2.21. The number of hydrogen-bond donors (Lipinski definition) is 1. The molecule has 2 aromatic rings. The topological polar surface area (TPSA) is 75.7 Å². The summed E-state index contributed by atoms with van der Waals surface area (Å²) in [6.45, 7) is 2.64. The summed E-state index contributed by atoms with van der Waals surface area (Å²) in [6.07, 6.45) is 1.11. The van der Waals surface area contributed by atoms with Crippen LogP contribution in [0.1, 0.15) is 41.0 Å². The number of nitrogens with zero attached hydrogens (tertiary/aromatic N) is 1. The number of piperidine rings is 1. The first-order chi connectivity index (χ1) is 13.5. The Morgan fingerprint density at radius 3 is 2.50 bits per heavy atom. The van der Waals surface area contributed by atoms with Crippen molar-refractivity contribution in [1.29, 1.82) is 0 Å². The molecule has 3 rings (SSSR count). The highest BCUT2D eigenvalue weighted by molar-refractivity contribution is 7.12. The summed E-state index contributed by atoms with van der Waals surface area (Å²) >= 11 is 1.42. The molecule has 0 radical (unpaired) electrons. The van der Waals surface area contributed by atoms with Gasteiger partial charge in [0.1, 0.15) is 0 Å². The van der Waals surface area contributed by atoms with Crippen LogP contribution in [0.3, 0.4) is 0 Å². The second-order valence-corrected chi connectivity index (χ2v) is 7.80. The fourth-order valence-electron chi connectivity index (χ4n) is 3.24. The van der Waals surface area contributed by atoms with E-state index in [-0.39, 0.29) is 36.4 Å². The fraction of sp³-hybridized carbons (Fsp3) is 0.381. The van der Waals surface area contributed by atoms with Crippen LogP contribution in [0.15, 0.2) is 47.8 Å². The van der Waals surface area contributed by atoms with Crippen molar-refractivity contribution in [3.8, 4) is 0 Å². The lowest BCUT2D eigenvalue weighted by Gasteiger charge is -2.30. The first-order valence-corrected chi connectivity index (χ1v) is 10.3. The maximum absolute atomic E-state index is 12.3. The van der Waals surface area contributed by atoms with E-state index in [2.05, 4.69) is 5.32 Å². The predicted octanol–water partition coefficient (Wildman–Crippen LogP) is 3.02. The maximum atomic E-state index is 12.3. The Balaban J connectivity index is 1.39. The molecule has 1 fully saturated rings. The maximum Gasteiger partial charge on any atom is 0.309 e. The first kappa shape index (κ1) is 20.1. The Labute approximate surface area is 168 Å². The van der Waals surface area contributed by atoms with Gasteiger partial charge in [0.15, 0.2) is 6.61 Å². The lowest BCUT2D eigenvalue weighted by Crippen LogP contribution is -2.41. The second kappa shape index (κ2) is 9.50. The number of thiophene rings is 1. The molecule has 1 aliphatic heterocycles.